The van der Waals surface area contributed by atoms with E-state index in [1.807, 2.05) is 18.2 Å². The summed E-state index contributed by atoms with van der Waals surface area (Å²) >= 11 is 0. The van der Waals surface area contributed by atoms with Crippen LogP contribution in [-0.4, -0.2) is 19.2 Å². The Morgan fingerprint density at radius 2 is 2.00 bits per heavy atom. The van der Waals surface area contributed by atoms with Gasteiger partial charge in [0.1, 0.15) is 17.4 Å². The first-order valence-corrected chi connectivity index (χ1v) is 7.73. The normalized spacial score (nSPS) is 30.9. The zero-order chi connectivity index (χ0) is 13.4. The zero-order valence-electron chi connectivity index (χ0n) is 11.7. The molecule has 0 radical (unpaired) electrons. The van der Waals surface area contributed by atoms with Gasteiger partial charge in [0.25, 0.3) is 0 Å². The molecule has 3 heteroatoms. The molecule has 1 N–H and O–H groups in total. The summed E-state index contributed by atoms with van der Waals surface area (Å²) in [5.74, 6) is 1.63. The van der Waals surface area contributed by atoms with Crippen molar-refractivity contribution in [2.45, 2.75) is 37.8 Å². The minimum Gasteiger partial charge on any atom is -0.458 e. The third-order valence-corrected chi connectivity index (χ3v) is 4.75. The van der Waals surface area contributed by atoms with Crippen molar-refractivity contribution in [1.82, 2.24) is 5.32 Å². The number of rotatable bonds is 1. The largest absolute Gasteiger partial charge is 0.458 e. The third kappa shape index (κ3) is 2.25. The lowest BCUT2D eigenvalue weighted by molar-refractivity contribution is 0.0288. The summed E-state index contributed by atoms with van der Waals surface area (Å²) in [6.07, 6.45) is 5.34. The monoisotopic (exact) mass is 271 g/mol. The maximum atomic E-state index is 6.13. The van der Waals surface area contributed by atoms with E-state index >= 15 is 0 Å². The van der Waals surface area contributed by atoms with E-state index in [4.69, 9.17) is 9.15 Å². The predicted molar refractivity (Wildman–Crippen MR) is 78.7 cm³/mol. The van der Waals surface area contributed by atoms with Crippen molar-refractivity contribution in [2.24, 2.45) is 5.92 Å². The van der Waals surface area contributed by atoms with Crippen LogP contribution in [-0.2, 0) is 4.74 Å². The molecule has 2 aromatic rings. The first-order chi connectivity index (χ1) is 9.90. The van der Waals surface area contributed by atoms with E-state index in [-0.39, 0.29) is 6.10 Å². The average molecular weight is 271 g/mol. The molecule has 1 aliphatic carbocycles. The fourth-order valence-electron chi connectivity index (χ4n) is 3.58. The third-order valence-electron chi connectivity index (χ3n) is 4.75. The number of benzene rings is 1. The Hall–Kier alpha value is -1.32. The Labute approximate surface area is 119 Å². The van der Waals surface area contributed by atoms with Crippen molar-refractivity contribution in [3.8, 4) is 0 Å². The van der Waals surface area contributed by atoms with Gasteiger partial charge in [-0.1, -0.05) is 31.0 Å². The number of ether oxygens (including phenoxy) is 1. The average Bonchev–Trinajstić information content (AvgIpc) is 2.80. The molecule has 1 aromatic carbocycles. The van der Waals surface area contributed by atoms with Crippen molar-refractivity contribution in [3.63, 3.8) is 0 Å². The maximum absolute atomic E-state index is 6.13. The van der Waals surface area contributed by atoms with Crippen molar-refractivity contribution < 1.29 is 9.15 Å². The van der Waals surface area contributed by atoms with Gasteiger partial charge in [0.15, 0.2) is 0 Å². The van der Waals surface area contributed by atoms with Gasteiger partial charge in [-0.15, -0.1) is 0 Å². The number of hydrogen-bond acceptors (Lipinski definition) is 3. The summed E-state index contributed by atoms with van der Waals surface area (Å²) in [5, 5.41) is 4.85. The Bertz CT molecular complexity index is 542. The summed E-state index contributed by atoms with van der Waals surface area (Å²) in [7, 11) is 0. The lowest BCUT2D eigenvalue weighted by Crippen LogP contribution is -2.38. The molecule has 0 spiro atoms. The second kappa shape index (κ2) is 5.23. The molecular formula is C17H21NO2. The van der Waals surface area contributed by atoms with Gasteiger partial charge in [-0.25, -0.2) is 0 Å². The quantitative estimate of drug-likeness (QED) is 0.859. The Balaban J connectivity index is 1.56. The van der Waals surface area contributed by atoms with Gasteiger partial charge in [0.2, 0.25) is 0 Å². The first-order valence-electron chi connectivity index (χ1n) is 7.73. The fourth-order valence-corrected chi connectivity index (χ4v) is 3.58. The highest BCUT2D eigenvalue weighted by molar-refractivity contribution is 5.77. The van der Waals surface area contributed by atoms with E-state index in [0.717, 1.165) is 29.9 Å². The van der Waals surface area contributed by atoms with Crippen LogP contribution in [0.25, 0.3) is 11.0 Å². The molecule has 1 saturated heterocycles. The molecule has 1 aromatic heterocycles. The Morgan fingerprint density at radius 3 is 2.95 bits per heavy atom. The molecule has 2 heterocycles. The second-order valence-electron chi connectivity index (χ2n) is 6.07. The van der Waals surface area contributed by atoms with Gasteiger partial charge in [-0.2, -0.15) is 0 Å². The molecule has 20 heavy (non-hydrogen) atoms. The summed E-state index contributed by atoms with van der Waals surface area (Å²) in [6, 6.07) is 10.9. The van der Waals surface area contributed by atoms with Crippen molar-refractivity contribution in [3.05, 3.63) is 36.1 Å². The number of hydrogen-bond donors (Lipinski definition) is 1. The lowest BCUT2D eigenvalue weighted by Gasteiger charge is -2.29. The Kier molecular flexibility index (Phi) is 3.25. The van der Waals surface area contributed by atoms with Gasteiger partial charge < -0.3 is 14.5 Å². The number of furan rings is 1. The van der Waals surface area contributed by atoms with Crippen LogP contribution in [0.1, 0.15) is 37.5 Å². The van der Waals surface area contributed by atoms with E-state index < -0.39 is 0 Å². The van der Waals surface area contributed by atoms with Crippen LogP contribution in [0.3, 0.4) is 0 Å². The van der Waals surface area contributed by atoms with E-state index in [0.29, 0.717) is 12.0 Å². The van der Waals surface area contributed by atoms with Crippen LogP contribution in [0.4, 0.5) is 0 Å². The summed E-state index contributed by atoms with van der Waals surface area (Å²) in [5.41, 5.74) is 0.952. The minimum absolute atomic E-state index is 0.0491. The van der Waals surface area contributed by atoms with E-state index in [1.165, 1.54) is 25.7 Å². The molecule has 1 aliphatic heterocycles. The smallest absolute Gasteiger partial charge is 0.135 e. The summed E-state index contributed by atoms with van der Waals surface area (Å²) in [6.45, 7) is 1.72. The Morgan fingerprint density at radius 1 is 1.10 bits per heavy atom. The van der Waals surface area contributed by atoms with Gasteiger partial charge in [0.05, 0.1) is 6.61 Å². The molecule has 0 amide bonds. The molecule has 4 rings (SSSR count). The van der Waals surface area contributed by atoms with Gasteiger partial charge in [0, 0.05) is 18.0 Å². The first kappa shape index (κ1) is 12.4. The van der Waals surface area contributed by atoms with Gasteiger partial charge >= 0.3 is 0 Å². The molecule has 2 aliphatic rings. The summed E-state index contributed by atoms with van der Waals surface area (Å²) < 4.78 is 12.1. The van der Waals surface area contributed by atoms with Crippen LogP contribution < -0.4 is 5.32 Å². The molecule has 3 unspecified atom stereocenters. The maximum Gasteiger partial charge on any atom is 0.135 e. The predicted octanol–water partition coefficient (Wildman–Crippen LogP) is 3.65. The van der Waals surface area contributed by atoms with Gasteiger partial charge in [-0.3, -0.25) is 0 Å². The highest BCUT2D eigenvalue weighted by Crippen LogP contribution is 2.32. The van der Waals surface area contributed by atoms with E-state index in [9.17, 15) is 0 Å². The van der Waals surface area contributed by atoms with Crippen LogP contribution in [0.5, 0.6) is 0 Å². The topological polar surface area (TPSA) is 34.4 Å². The fraction of sp³-hybridized carbons (Fsp3) is 0.529. The molecule has 2 fully saturated rings. The van der Waals surface area contributed by atoms with Gasteiger partial charge in [-0.05, 0) is 30.9 Å². The van der Waals surface area contributed by atoms with E-state index in [2.05, 4.69) is 17.4 Å². The SMILES string of the molecule is c1ccc2oc(C3CNC4CCCCC4CO3)cc2c1. The highest BCUT2D eigenvalue weighted by Gasteiger charge is 2.31. The minimum atomic E-state index is 0.0491. The van der Waals surface area contributed by atoms with Crippen LogP contribution in [0, 0.1) is 5.92 Å². The second-order valence-corrected chi connectivity index (χ2v) is 6.07. The zero-order valence-corrected chi connectivity index (χ0v) is 11.7. The van der Waals surface area contributed by atoms with Crippen molar-refractivity contribution in [1.29, 1.82) is 0 Å². The summed E-state index contributed by atoms with van der Waals surface area (Å²) in [4.78, 5) is 0. The number of para-hydroxylation sites is 1. The van der Waals surface area contributed by atoms with Crippen LogP contribution in [0.2, 0.25) is 0 Å². The molecule has 0 bridgehead atoms. The standard InChI is InChI=1S/C17H21NO2/c1-3-7-14-13(6-1)11-19-17(10-18-14)16-9-12-5-2-4-8-15(12)20-16/h2,4-5,8-9,13-14,17-18H,1,3,6-7,10-11H2. The molecule has 3 atom stereocenters. The molecule has 1 saturated carbocycles. The van der Waals surface area contributed by atoms with Crippen molar-refractivity contribution in [2.75, 3.05) is 13.2 Å². The van der Waals surface area contributed by atoms with E-state index in [1.54, 1.807) is 0 Å². The highest BCUT2D eigenvalue weighted by atomic mass is 16.5. The number of fused-ring (bicyclic) bond motifs is 2. The molecule has 106 valence electrons. The van der Waals surface area contributed by atoms with Crippen LogP contribution >= 0.6 is 0 Å². The molecular weight excluding hydrogens is 250 g/mol. The lowest BCUT2D eigenvalue weighted by atomic mass is 9.85. The number of nitrogens with one attached hydrogen (secondary N) is 1. The van der Waals surface area contributed by atoms with Crippen molar-refractivity contribution >= 4 is 11.0 Å². The molecule has 3 nitrogen and oxygen atoms in total. The van der Waals surface area contributed by atoms with Crippen LogP contribution in [0.15, 0.2) is 34.7 Å².